The first-order chi connectivity index (χ1) is 16.9. The maximum atomic E-state index is 6.66. The zero-order valence-corrected chi connectivity index (χ0v) is 21.1. The Hall–Kier alpha value is -3.39. The molecule has 0 N–H and O–H groups in total. The van der Waals surface area contributed by atoms with Crippen LogP contribution in [0.3, 0.4) is 0 Å². The Labute approximate surface area is 207 Å². The van der Waals surface area contributed by atoms with Crippen molar-refractivity contribution in [1.29, 1.82) is 0 Å². The monoisotopic (exact) mass is 458 g/mol. The van der Waals surface area contributed by atoms with E-state index in [2.05, 4.69) is 99.2 Å². The van der Waals surface area contributed by atoms with Crippen LogP contribution in [0.2, 0.25) is 0 Å². The van der Waals surface area contributed by atoms with Gasteiger partial charge in [-0.05, 0) is 88.7 Å². The number of aromatic nitrogens is 1. The van der Waals surface area contributed by atoms with Crippen molar-refractivity contribution in [1.82, 2.24) is 0 Å². The van der Waals surface area contributed by atoms with Gasteiger partial charge in [0.2, 0.25) is 5.69 Å². The fourth-order valence-electron chi connectivity index (χ4n) is 6.63. The van der Waals surface area contributed by atoms with E-state index in [9.17, 15) is 0 Å². The average molecular weight is 459 g/mol. The topological polar surface area (TPSA) is 13.1 Å². The van der Waals surface area contributed by atoms with Gasteiger partial charge in [-0.15, -0.1) is 0 Å². The SMILES string of the molecule is Cc1c2c(cc3ccccc13)Oc1cc3ccc(C4CCC(C)(C)CC4)cc3c3cc[n+](C)c-2c13. The van der Waals surface area contributed by atoms with E-state index in [0.29, 0.717) is 11.3 Å². The third-order valence-corrected chi connectivity index (χ3v) is 8.76. The molecule has 1 aliphatic carbocycles. The predicted molar refractivity (Wildman–Crippen MR) is 145 cm³/mol. The molecule has 0 bridgehead atoms. The maximum absolute atomic E-state index is 6.66. The molecule has 1 aliphatic heterocycles. The summed E-state index contributed by atoms with van der Waals surface area (Å²) in [7, 11) is 2.16. The number of ether oxygens (including phenoxy) is 1. The van der Waals surface area contributed by atoms with Gasteiger partial charge in [0.05, 0.1) is 10.9 Å². The Morgan fingerprint density at radius 1 is 0.829 bits per heavy atom. The lowest BCUT2D eigenvalue weighted by Crippen LogP contribution is -2.31. The highest BCUT2D eigenvalue weighted by atomic mass is 16.5. The molecule has 0 radical (unpaired) electrons. The summed E-state index contributed by atoms with van der Waals surface area (Å²) in [5, 5.41) is 7.64. The van der Waals surface area contributed by atoms with Crippen molar-refractivity contribution in [3.8, 4) is 22.8 Å². The van der Waals surface area contributed by atoms with Gasteiger partial charge in [0.25, 0.3) is 0 Å². The van der Waals surface area contributed by atoms with E-state index in [0.717, 1.165) is 11.5 Å². The molecule has 0 spiro atoms. The molecular weight excluding hydrogens is 426 g/mol. The molecular formula is C33H32NO+. The van der Waals surface area contributed by atoms with Gasteiger partial charge in [-0.2, -0.15) is 0 Å². The summed E-state index contributed by atoms with van der Waals surface area (Å²) in [6, 6.07) is 22.5. The van der Waals surface area contributed by atoms with Crippen LogP contribution < -0.4 is 9.30 Å². The van der Waals surface area contributed by atoms with E-state index in [1.807, 2.05) is 0 Å². The molecule has 35 heavy (non-hydrogen) atoms. The lowest BCUT2D eigenvalue weighted by Gasteiger charge is -2.34. The minimum Gasteiger partial charge on any atom is -0.456 e. The Morgan fingerprint density at radius 2 is 1.57 bits per heavy atom. The summed E-state index contributed by atoms with van der Waals surface area (Å²) in [5.74, 6) is 2.59. The van der Waals surface area contributed by atoms with Crippen LogP contribution in [-0.2, 0) is 7.05 Å². The molecule has 0 unspecified atom stereocenters. The molecule has 2 aliphatic rings. The average Bonchev–Trinajstić information content (AvgIpc) is 2.85. The predicted octanol–water partition coefficient (Wildman–Crippen LogP) is 8.74. The van der Waals surface area contributed by atoms with Gasteiger partial charge < -0.3 is 4.74 Å². The molecule has 1 fully saturated rings. The van der Waals surface area contributed by atoms with Crippen LogP contribution in [0.5, 0.6) is 11.5 Å². The standard InChI is InChI=1S/C33H32NO/c1-20-25-8-6-5-7-23(25)18-28-30(20)32-31-26(13-16-34(32)4)27-17-22(9-10-24(27)19-29(31)35-28)21-11-14-33(2,3)15-12-21/h5-10,13,16-19,21H,11-12,14-15H2,1-4H3/q+1. The van der Waals surface area contributed by atoms with Crippen molar-refractivity contribution in [3.63, 3.8) is 0 Å². The zero-order chi connectivity index (χ0) is 23.9. The molecule has 1 saturated carbocycles. The Morgan fingerprint density at radius 3 is 2.40 bits per heavy atom. The molecule has 1 aromatic heterocycles. The highest BCUT2D eigenvalue weighted by molar-refractivity contribution is 6.16. The molecule has 2 nitrogen and oxygen atoms in total. The summed E-state index contributed by atoms with van der Waals surface area (Å²) < 4.78 is 8.93. The minimum absolute atomic E-state index is 0.488. The zero-order valence-electron chi connectivity index (χ0n) is 21.1. The van der Waals surface area contributed by atoms with E-state index in [4.69, 9.17) is 4.74 Å². The van der Waals surface area contributed by atoms with Gasteiger partial charge >= 0.3 is 0 Å². The van der Waals surface area contributed by atoms with Crippen molar-refractivity contribution in [2.75, 3.05) is 0 Å². The van der Waals surface area contributed by atoms with Gasteiger partial charge in [0.1, 0.15) is 18.5 Å². The minimum atomic E-state index is 0.488. The number of hydrogen-bond acceptors (Lipinski definition) is 1. The van der Waals surface area contributed by atoms with Gasteiger partial charge in [-0.25, -0.2) is 4.57 Å². The summed E-state index contributed by atoms with van der Waals surface area (Å²) in [5.41, 5.74) is 5.74. The number of nitrogens with zero attached hydrogens (tertiary/aromatic N) is 1. The van der Waals surface area contributed by atoms with Crippen LogP contribution in [0.1, 0.15) is 56.6 Å². The van der Waals surface area contributed by atoms with Crippen molar-refractivity contribution in [2.45, 2.75) is 52.4 Å². The Bertz CT molecular complexity index is 1670. The van der Waals surface area contributed by atoms with Crippen LogP contribution >= 0.6 is 0 Å². The fourth-order valence-corrected chi connectivity index (χ4v) is 6.63. The van der Waals surface area contributed by atoms with Crippen molar-refractivity contribution in [2.24, 2.45) is 12.5 Å². The summed E-state index contributed by atoms with van der Waals surface area (Å²) in [4.78, 5) is 0. The second-order valence-corrected chi connectivity index (χ2v) is 11.6. The second kappa shape index (κ2) is 7.31. The molecule has 0 amide bonds. The molecule has 2 heteroatoms. The maximum Gasteiger partial charge on any atom is 0.228 e. The lowest BCUT2D eigenvalue weighted by molar-refractivity contribution is -0.659. The Balaban J connectivity index is 1.48. The molecule has 174 valence electrons. The second-order valence-electron chi connectivity index (χ2n) is 11.6. The number of pyridine rings is 1. The lowest BCUT2D eigenvalue weighted by atomic mass is 9.71. The molecule has 4 aromatic carbocycles. The van der Waals surface area contributed by atoms with Gasteiger partial charge in [-0.1, -0.05) is 56.3 Å². The van der Waals surface area contributed by atoms with E-state index in [1.54, 1.807) is 0 Å². The van der Waals surface area contributed by atoms with E-state index < -0.39 is 0 Å². The van der Waals surface area contributed by atoms with Crippen LogP contribution in [0.25, 0.3) is 43.6 Å². The first kappa shape index (κ1) is 20.9. The first-order valence-electron chi connectivity index (χ1n) is 13.0. The van der Waals surface area contributed by atoms with Crippen LogP contribution in [0.15, 0.2) is 66.9 Å². The van der Waals surface area contributed by atoms with E-state index >= 15 is 0 Å². The van der Waals surface area contributed by atoms with Gasteiger partial charge in [0, 0.05) is 11.5 Å². The normalized spacial score (nSPS) is 17.0. The summed E-state index contributed by atoms with van der Waals surface area (Å²) in [6.07, 6.45) is 7.43. The van der Waals surface area contributed by atoms with E-state index in [-0.39, 0.29) is 0 Å². The van der Waals surface area contributed by atoms with Crippen molar-refractivity contribution in [3.05, 3.63) is 78.0 Å². The molecule has 2 heterocycles. The van der Waals surface area contributed by atoms with E-state index in [1.165, 1.54) is 80.4 Å². The van der Waals surface area contributed by atoms with Crippen LogP contribution in [0.4, 0.5) is 0 Å². The highest BCUT2D eigenvalue weighted by Crippen LogP contribution is 2.50. The number of benzene rings is 4. The van der Waals surface area contributed by atoms with Crippen molar-refractivity contribution < 1.29 is 9.30 Å². The molecule has 0 saturated heterocycles. The number of rotatable bonds is 1. The third-order valence-electron chi connectivity index (χ3n) is 8.76. The first-order valence-corrected chi connectivity index (χ1v) is 13.0. The molecule has 7 rings (SSSR count). The smallest absolute Gasteiger partial charge is 0.228 e. The van der Waals surface area contributed by atoms with Gasteiger partial charge in [-0.3, -0.25) is 0 Å². The highest BCUT2D eigenvalue weighted by Gasteiger charge is 2.32. The quantitative estimate of drug-likeness (QED) is 0.177. The number of aryl methyl sites for hydroxylation is 2. The number of fused-ring (bicyclic) bond motifs is 5. The van der Waals surface area contributed by atoms with Gasteiger partial charge in [0.15, 0.2) is 6.20 Å². The van der Waals surface area contributed by atoms with Crippen LogP contribution in [-0.4, -0.2) is 0 Å². The van der Waals surface area contributed by atoms with Crippen LogP contribution in [0, 0.1) is 12.3 Å². The van der Waals surface area contributed by atoms with Crippen molar-refractivity contribution >= 4 is 32.3 Å². The largest absolute Gasteiger partial charge is 0.456 e. The fraction of sp³-hybridized carbons (Fsp3) is 0.303. The number of hydrogen-bond donors (Lipinski definition) is 0. The third kappa shape index (κ3) is 3.12. The molecule has 0 atom stereocenters. The Kier molecular flexibility index (Phi) is 4.37. The summed E-state index contributed by atoms with van der Waals surface area (Å²) >= 11 is 0. The molecule has 5 aromatic rings. The summed E-state index contributed by atoms with van der Waals surface area (Å²) in [6.45, 7) is 7.07.